The van der Waals surface area contributed by atoms with Gasteiger partial charge >= 0.3 is 5.97 Å². The Morgan fingerprint density at radius 1 is 1.09 bits per heavy atom. The summed E-state index contributed by atoms with van der Waals surface area (Å²) in [5.74, 6) is 0.753. The highest BCUT2D eigenvalue weighted by Gasteiger charge is 2.41. The summed E-state index contributed by atoms with van der Waals surface area (Å²) in [5.41, 5.74) is 2.55. The van der Waals surface area contributed by atoms with E-state index in [1.165, 1.54) is 18.9 Å². The Hall–Kier alpha value is -2.94. The Morgan fingerprint density at radius 3 is 2.25 bits per heavy atom. The maximum Gasteiger partial charge on any atom is 0.338 e. The molecule has 172 valence electrons. The third-order valence-corrected chi connectivity index (χ3v) is 6.43. The maximum atomic E-state index is 12.9. The molecule has 1 amide bonds. The molecule has 0 saturated heterocycles. The van der Waals surface area contributed by atoms with Gasteiger partial charge < -0.3 is 24.0 Å². The number of hydrogen-bond donors (Lipinski definition) is 0. The molecule has 2 aliphatic heterocycles. The number of carbonyl (C=O) groups excluding carboxylic acids is 2. The zero-order valence-corrected chi connectivity index (χ0v) is 20.1. The average molecular weight is 460 g/mol. The van der Waals surface area contributed by atoms with Gasteiger partial charge in [0.1, 0.15) is 11.5 Å². The van der Waals surface area contributed by atoms with Crippen LogP contribution in [0.1, 0.15) is 38.8 Å². The predicted octanol–water partition coefficient (Wildman–Crippen LogP) is 3.71. The number of amidine groups is 1. The second-order valence-corrected chi connectivity index (χ2v) is 8.11. The van der Waals surface area contributed by atoms with Crippen LogP contribution in [0.25, 0.3) is 0 Å². The van der Waals surface area contributed by atoms with Gasteiger partial charge in [0.2, 0.25) is 5.91 Å². The van der Waals surface area contributed by atoms with Crippen molar-refractivity contribution in [2.45, 2.75) is 33.2 Å². The lowest BCUT2D eigenvalue weighted by atomic mass is 9.93. The highest BCUT2D eigenvalue weighted by Crippen LogP contribution is 2.46. The zero-order chi connectivity index (χ0) is 23.4. The van der Waals surface area contributed by atoms with Crippen molar-refractivity contribution >= 4 is 28.8 Å². The molecule has 0 bridgehead atoms. The van der Waals surface area contributed by atoms with Crippen molar-refractivity contribution in [1.82, 2.24) is 9.80 Å². The number of methoxy groups -OCH3 is 3. The zero-order valence-electron chi connectivity index (χ0n) is 19.3. The number of esters is 1. The number of aliphatic imine (C=N–C) groups is 1. The van der Waals surface area contributed by atoms with E-state index in [0.29, 0.717) is 41.0 Å². The van der Waals surface area contributed by atoms with E-state index in [-0.39, 0.29) is 12.3 Å². The van der Waals surface area contributed by atoms with E-state index < -0.39 is 12.0 Å². The van der Waals surface area contributed by atoms with Gasteiger partial charge in [-0.15, -0.1) is 0 Å². The van der Waals surface area contributed by atoms with Gasteiger partial charge in [-0.2, -0.15) is 0 Å². The van der Waals surface area contributed by atoms with Crippen LogP contribution in [0.15, 0.2) is 45.6 Å². The quantitative estimate of drug-likeness (QED) is 0.548. The SMILES string of the molecule is CCN(CC)C(=O)CC1=CSC2=NC(C)=C(C(=O)OC)C(c3cc(OC)cc(OC)c3)N12. The number of amides is 1. The summed E-state index contributed by atoms with van der Waals surface area (Å²) >= 11 is 1.44. The average Bonchev–Trinajstić information content (AvgIpc) is 3.19. The summed E-state index contributed by atoms with van der Waals surface area (Å²) in [6, 6.07) is 4.96. The van der Waals surface area contributed by atoms with E-state index in [1.54, 1.807) is 32.1 Å². The van der Waals surface area contributed by atoms with E-state index in [1.807, 2.05) is 36.3 Å². The van der Waals surface area contributed by atoms with Crippen molar-refractivity contribution in [3.8, 4) is 11.5 Å². The minimum atomic E-state index is -0.537. The molecule has 0 aromatic heterocycles. The smallest absolute Gasteiger partial charge is 0.338 e. The number of carbonyl (C=O) groups is 2. The Bertz CT molecular complexity index is 975. The molecule has 0 N–H and O–H groups in total. The van der Waals surface area contributed by atoms with Gasteiger partial charge in [-0.25, -0.2) is 9.79 Å². The Labute approximate surface area is 192 Å². The third-order valence-electron chi connectivity index (χ3n) is 5.54. The number of benzene rings is 1. The van der Waals surface area contributed by atoms with Crippen LogP contribution in [-0.4, -0.2) is 61.3 Å². The van der Waals surface area contributed by atoms with Gasteiger partial charge in [0, 0.05) is 24.9 Å². The lowest BCUT2D eigenvalue weighted by Gasteiger charge is -2.36. The summed E-state index contributed by atoms with van der Waals surface area (Å²) in [4.78, 5) is 34.1. The van der Waals surface area contributed by atoms with Crippen molar-refractivity contribution in [1.29, 1.82) is 0 Å². The number of fused-ring (bicyclic) bond motifs is 1. The maximum absolute atomic E-state index is 12.9. The van der Waals surface area contributed by atoms with Crippen molar-refractivity contribution in [3.63, 3.8) is 0 Å². The number of thioether (sulfide) groups is 1. The molecule has 1 aromatic rings. The second kappa shape index (κ2) is 10.1. The first-order valence-corrected chi connectivity index (χ1v) is 11.3. The standard InChI is InChI=1S/C23H29N3O5S/c1-7-25(8-2)19(27)11-16-13-32-23-24-14(3)20(22(28)31-6)21(26(16)23)15-9-17(29-4)12-18(10-15)30-5/h9-10,12-13,21H,7-8,11H2,1-6H3. The minimum Gasteiger partial charge on any atom is -0.497 e. The van der Waals surface area contributed by atoms with E-state index >= 15 is 0 Å². The van der Waals surface area contributed by atoms with Gasteiger partial charge in [0.05, 0.1) is 45.1 Å². The molecule has 0 radical (unpaired) electrons. The molecular weight excluding hydrogens is 430 g/mol. The van der Waals surface area contributed by atoms with Crippen molar-refractivity contribution in [2.24, 2.45) is 4.99 Å². The van der Waals surface area contributed by atoms with Gasteiger partial charge in [-0.05, 0) is 43.9 Å². The molecule has 0 saturated carbocycles. The molecule has 1 atom stereocenters. The molecular formula is C23H29N3O5S. The number of ether oxygens (including phenoxy) is 3. The summed E-state index contributed by atoms with van der Waals surface area (Å²) in [5, 5.41) is 2.64. The molecule has 9 heteroatoms. The molecule has 8 nitrogen and oxygen atoms in total. The van der Waals surface area contributed by atoms with Gasteiger partial charge in [0.25, 0.3) is 0 Å². The molecule has 0 aliphatic carbocycles. The molecule has 32 heavy (non-hydrogen) atoms. The van der Waals surface area contributed by atoms with Crippen LogP contribution in [0.4, 0.5) is 0 Å². The molecule has 1 unspecified atom stereocenters. The topological polar surface area (TPSA) is 80.7 Å². The summed E-state index contributed by atoms with van der Waals surface area (Å²) in [6.45, 7) is 6.99. The fraction of sp³-hybridized carbons (Fsp3) is 0.435. The van der Waals surface area contributed by atoms with Crippen molar-refractivity contribution in [3.05, 3.63) is 46.1 Å². The van der Waals surface area contributed by atoms with E-state index in [4.69, 9.17) is 14.2 Å². The van der Waals surface area contributed by atoms with Crippen LogP contribution < -0.4 is 9.47 Å². The van der Waals surface area contributed by atoms with Crippen LogP contribution in [0, 0.1) is 0 Å². The highest BCUT2D eigenvalue weighted by atomic mass is 32.2. The summed E-state index contributed by atoms with van der Waals surface area (Å²) in [7, 11) is 4.51. The first-order chi connectivity index (χ1) is 15.4. The largest absolute Gasteiger partial charge is 0.497 e. The van der Waals surface area contributed by atoms with Crippen LogP contribution >= 0.6 is 11.8 Å². The monoisotopic (exact) mass is 459 g/mol. The van der Waals surface area contributed by atoms with E-state index in [9.17, 15) is 9.59 Å². The van der Waals surface area contributed by atoms with Crippen molar-refractivity contribution in [2.75, 3.05) is 34.4 Å². The lowest BCUT2D eigenvalue weighted by Crippen LogP contribution is -2.38. The number of allylic oxidation sites excluding steroid dienone is 1. The molecule has 3 rings (SSSR count). The van der Waals surface area contributed by atoms with Crippen LogP contribution in [0.2, 0.25) is 0 Å². The Morgan fingerprint density at radius 2 is 1.72 bits per heavy atom. The fourth-order valence-electron chi connectivity index (χ4n) is 3.89. The van der Waals surface area contributed by atoms with Crippen LogP contribution in [0.3, 0.4) is 0 Å². The van der Waals surface area contributed by atoms with Crippen LogP contribution in [-0.2, 0) is 14.3 Å². The predicted molar refractivity (Wildman–Crippen MR) is 124 cm³/mol. The number of rotatable bonds is 8. The lowest BCUT2D eigenvalue weighted by molar-refractivity contribution is -0.136. The molecule has 2 aliphatic rings. The van der Waals surface area contributed by atoms with E-state index in [0.717, 1.165) is 11.3 Å². The molecule has 0 spiro atoms. The number of hydrogen-bond acceptors (Lipinski definition) is 8. The van der Waals surface area contributed by atoms with Gasteiger partial charge in [0.15, 0.2) is 5.17 Å². The molecule has 1 aromatic carbocycles. The Kier molecular flexibility index (Phi) is 7.50. The van der Waals surface area contributed by atoms with Gasteiger partial charge in [-0.1, -0.05) is 11.8 Å². The third kappa shape index (κ3) is 4.48. The first-order valence-electron chi connectivity index (χ1n) is 10.4. The second-order valence-electron chi connectivity index (χ2n) is 7.27. The normalized spacial score (nSPS) is 17.4. The van der Waals surface area contributed by atoms with Gasteiger partial charge in [-0.3, -0.25) is 4.79 Å². The number of nitrogens with zero attached hydrogens (tertiary/aromatic N) is 3. The summed E-state index contributed by atoms with van der Waals surface area (Å²) < 4.78 is 16.0. The van der Waals surface area contributed by atoms with Crippen LogP contribution in [0.5, 0.6) is 11.5 Å². The molecule has 2 heterocycles. The highest BCUT2D eigenvalue weighted by molar-refractivity contribution is 8.16. The first kappa shape index (κ1) is 23.7. The fourth-order valence-corrected chi connectivity index (χ4v) is 4.85. The van der Waals surface area contributed by atoms with E-state index in [2.05, 4.69) is 4.99 Å². The van der Waals surface area contributed by atoms with Crippen molar-refractivity contribution < 1.29 is 23.8 Å². The molecule has 0 fully saturated rings. The summed E-state index contributed by atoms with van der Waals surface area (Å²) in [6.07, 6.45) is 0.207. The Balaban J connectivity index is 2.11. The minimum absolute atomic E-state index is 0.0240.